The predicted molar refractivity (Wildman–Crippen MR) is 69.9 cm³/mol. The van der Waals surface area contributed by atoms with Crippen LogP contribution in [0.25, 0.3) is 0 Å². The van der Waals surface area contributed by atoms with Gasteiger partial charge in [0.25, 0.3) is 0 Å². The number of carbonyl (C=O) groups excluding carboxylic acids is 1. The van der Waals surface area contributed by atoms with E-state index in [0.29, 0.717) is 0 Å². The Morgan fingerprint density at radius 3 is 2.65 bits per heavy atom. The van der Waals surface area contributed by atoms with Crippen molar-refractivity contribution < 1.29 is 4.79 Å². The Labute approximate surface area is 103 Å². The van der Waals surface area contributed by atoms with Gasteiger partial charge in [0.05, 0.1) is 6.04 Å². The third-order valence-electron chi connectivity index (χ3n) is 3.56. The average Bonchev–Trinajstić information content (AvgIpc) is 2.35. The lowest BCUT2D eigenvalue weighted by molar-refractivity contribution is -0.119. The van der Waals surface area contributed by atoms with Crippen molar-refractivity contribution in [2.45, 2.75) is 52.0 Å². The standard InChI is InChI=1S/C15H21NO/c1-3-15(16-11(2)17)14-9-8-12-6-4-5-7-13(12)10-14/h8-10,15H,3-7H2,1-2H3,(H,16,17)/t15-/m1/s1. The molecule has 0 saturated carbocycles. The molecule has 0 heterocycles. The summed E-state index contributed by atoms with van der Waals surface area (Å²) in [6, 6.07) is 6.88. The molecule has 2 nitrogen and oxygen atoms in total. The zero-order chi connectivity index (χ0) is 12.3. The van der Waals surface area contributed by atoms with Crippen LogP contribution in [0.5, 0.6) is 0 Å². The summed E-state index contributed by atoms with van der Waals surface area (Å²) < 4.78 is 0. The molecule has 0 saturated heterocycles. The van der Waals surface area contributed by atoms with E-state index >= 15 is 0 Å². The van der Waals surface area contributed by atoms with Gasteiger partial charge in [-0.05, 0) is 48.8 Å². The lowest BCUT2D eigenvalue weighted by Gasteiger charge is -2.21. The summed E-state index contributed by atoms with van der Waals surface area (Å²) in [4.78, 5) is 11.2. The van der Waals surface area contributed by atoms with Crippen LogP contribution in [0.2, 0.25) is 0 Å². The number of hydrogen-bond donors (Lipinski definition) is 1. The van der Waals surface area contributed by atoms with Crippen molar-refractivity contribution in [3.05, 3.63) is 34.9 Å². The Bertz CT molecular complexity index is 411. The van der Waals surface area contributed by atoms with Crippen LogP contribution in [-0.4, -0.2) is 5.91 Å². The van der Waals surface area contributed by atoms with Crippen molar-refractivity contribution in [3.8, 4) is 0 Å². The topological polar surface area (TPSA) is 29.1 Å². The SMILES string of the molecule is CC[C@@H](NC(C)=O)c1ccc2c(c1)CCCC2. The fraction of sp³-hybridized carbons (Fsp3) is 0.533. The molecular weight excluding hydrogens is 210 g/mol. The van der Waals surface area contributed by atoms with E-state index in [2.05, 4.69) is 30.4 Å². The first-order valence-electron chi connectivity index (χ1n) is 6.59. The molecule has 0 bridgehead atoms. The van der Waals surface area contributed by atoms with E-state index in [1.807, 2.05) is 0 Å². The Balaban J connectivity index is 2.22. The van der Waals surface area contributed by atoms with Crippen molar-refractivity contribution in [1.29, 1.82) is 0 Å². The maximum atomic E-state index is 11.2. The zero-order valence-corrected chi connectivity index (χ0v) is 10.8. The van der Waals surface area contributed by atoms with Crippen LogP contribution < -0.4 is 5.32 Å². The summed E-state index contributed by atoms with van der Waals surface area (Å²) in [6.45, 7) is 3.70. The van der Waals surface area contributed by atoms with E-state index in [4.69, 9.17) is 0 Å². The van der Waals surface area contributed by atoms with Gasteiger partial charge in [0.2, 0.25) is 5.91 Å². The quantitative estimate of drug-likeness (QED) is 0.850. The van der Waals surface area contributed by atoms with Gasteiger partial charge in [-0.15, -0.1) is 0 Å². The number of fused-ring (bicyclic) bond motifs is 1. The van der Waals surface area contributed by atoms with Gasteiger partial charge < -0.3 is 5.32 Å². The molecule has 0 fully saturated rings. The molecule has 92 valence electrons. The monoisotopic (exact) mass is 231 g/mol. The van der Waals surface area contributed by atoms with E-state index in [0.717, 1.165) is 6.42 Å². The van der Waals surface area contributed by atoms with Gasteiger partial charge in [-0.1, -0.05) is 25.1 Å². The van der Waals surface area contributed by atoms with Crippen molar-refractivity contribution in [2.75, 3.05) is 0 Å². The van der Waals surface area contributed by atoms with Gasteiger partial charge in [0.15, 0.2) is 0 Å². The number of carbonyl (C=O) groups is 1. The molecule has 0 aromatic heterocycles. The van der Waals surface area contributed by atoms with Gasteiger partial charge in [0, 0.05) is 6.92 Å². The normalized spacial score (nSPS) is 16.1. The minimum absolute atomic E-state index is 0.0505. The molecule has 2 heteroatoms. The minimum atomic E-state index is 0.0505. The van der Waals surface area contributed by atoms with Gasteiger partial charge in [-0.25, -0.2) is 0 Å². The van der Waals surface area contributed by atoms with Gasteiger partial charge in [-0.3, -0.25) is 4.79 Å². The molecule has 0 spiro atoms. The highest BCUT2D eigenvalue weighted by molar-refractivity contribution is 5.73. The molecule has 0 radical (unpaired) electrons. The Hall–Kier alpha value is -1.31. The summed E-state index contributed by atoms with van der Waals surface area (Å²) in [7, 11) is 0. The van der Waals surface area contributed by atoms with E-state index in [1.165, 1.54) is 42.4 Å². The second kappa shape index (κ2) is 5.35. The van der Waals surface area contributed by atoms with E-state index in [9.17, 15) is 4.79 Å². The molecule has 17 heavy (non-hydrogen) atoms. The second-order valence-electron chi connectivity index (χ2n) is 4.90. The van der Waals surface area contributed by atoms with E-state index in [-0.39, 0.29) is 11.9 Å². The van der Waals surface area contributed by atoms with Gasteiger partial charge >= 0.3 is 0 Å². The van der Waals surface area contributed by atoms with Crippen molar-refractivity contribution in [2.24, 2.45) is 0 Å². The molecule has 1 atom stereocenters. The lowest BCUT2D eigenvalue weighted by atomic mass is 9.89. The first kappa shape index (κ1) is 12.2. The number of amides is 1. The van der Waals surface area contributed by atoms with Crippen LogP contribution in [0.15, 0.2) is 18.2 Å². The average molecular weight is 231 g/mol. The molecule has 0 unspecified atom stereocenters. The lowest BCUT2D eigenvalue weighted by Crippen LogP contribution is -2.25. The van der Waals surface area contributed by atoms with Crippen molar-refractivity contribution in [1.82, 2.24) is 5.32 Å². The Morgan fingerprint density at radius 1 is 1.29 bits per heavy atom. The predicted octanol–water partition coefficient (Wildman–Crippen LogP) is 3.15. The van der Waals surface area contributed by atoms with Crippen LogP contribution in [0.1, 0.15) is 55.8 Å². The van der Waals surface area contributed by atoms with E-state index < -0.39 is 0 Å². The number of rotatable bonds is 3. The first-order valence-corrected chi connectivity index (χ1v) is 6.59. The fourth-order valence-corrected chi connectivity index (χ4v) is 2.64. The Morgan fingerprint density at radius 2 is 2.00 bits per heavy atom. The van der Waals surface area contributed by atoms with Crippen LogP contribution >= 0.6 is 0 Å². The van der Waals surface area contributed by atoms with Crippen LogP contribution in [-0.2, 0) is 17.6 Å². The molecule has 1 aliphatic carbocycles. The van der Waals surface area contributed by atoms with Gasteiger partial charge in [-0.2, -0.15) is 0 Å². The maximum Gasteiger partial charge on any atom is 0.217 e. The molecule has 0 aliphatic heterocycles. The molecular formula is C15H21NO. The van der Waals surface area contributed by atoms with Crippen molar-refractivity contribution >= 4 is 5.91 Å². The summed E-state index contributed by atoms with van der Waals surface area (Å²) >= 11 is 0. The number of benzene rings is 1. The van der Waals surface area contributed by atoms with Crippen LogP contribution in [0.3, 0.4) is 0 Å². The van der Waals surface area contributed by atoms with Crippen LogP contribution in [0, 0.1) is 0 Å². The first-order chi connectivity index (χ1) is 8.20. The summed E-state index contributed by atoms with van der Waals surface area (Å²) in [5.41, 5.74) is 4.23. The molecule has 1 aliphatic rings. The minimum Gasteiger partial charge on any atom is -0.350 e. The molecule has 2 rings (SSSR count). The fourth-order valence-electron chi connectivity index (χ4n) is 2.64. The van der Waals surface area contributed by atoms with Crippen molar-refractivity contribution in [3.63, 3.8) is 0 Å². The molecule has 1 amide bonds. The Kier molecular flexibility index (Phi) is 3.82. The zero-order valence-electron chi connectivity index (χ0n) is 10.8. The highest BCUT2D eigenvalue weighted by Gasteiger charge is 2.14. The highest BCUT2D eigenvalue weighted by atomic mass is 16.1. The second-order valence-corrected chi connectivity index (χ2v) is 4.90. The van der Waals surface area contributed by atoms with Crippen LogP contribution in [0.4, 0.5) is 0 Å². The summed E-state index contributed by atoms with van der Waals surface area (Å²) in [5.74, 6) is 0.0505. The number of aryl methyl sites for hydroxylation is 2. The van der Waals surface area contributed by atoms with E-state index in [1.54, 1.807) is 6.92 Å². The number of hydrogen-bond acceptors (Lipinski definition) is 1. The smallest absolute Gasteiger partial charge is 0.217 e. The van der Waals surface area contributed by atoms with Gasteiger partial charge in [0.1, 0.15) is 0 Å². The third kappa shape index (κ3) is 2.87. The molecule has 1 aromatic rings. The molecule has 1 aromatic carbocycles. The summed E-state index contributed by atoms with van der Waals surface area (Å²) in [6.07, 6.45) is 5.97. The third-order valence-corrected chi connectivity index (χ3v) is 3.56. The number of nitrogens with one attached hydrogen (secondary N) is 1. The largest absolute Gasteiger partial charge is 0.350 e. The molecule has 1 N–H and O–H groups in total. The maximum absolute atomic E-state index is 11.2. The highest BCUT2D eigenvalue weighted by Crippen LogP contribution is 2.25. The summed E-state index contributed by atoms with van der Waals surface area (Å²) in [5, 5.41) is 3.01.